The van der Waals surface area contributed by atoms with Gasteiger partial charge in [0.25, 0.3) is 5.91 Å². The number of rotatable bonds is 2. The lowest BCUT2D eigenvalue weighted by atomic mass is 10.1. The van der Waals surface area contributed by atoms with Gasteiger partial charge >= 0.3 is 0 Å². The third-order valence-corrected chi connectivity index (χ3v) is 3.69. The molecule has 1 aliphatic rings. The summed E-state index contributed by atoms with van der Waals surface area (Å²) < 4.78 is 0. The van der Waals surface area contributed by atoms with Crippen molar-refractivity contribution in [3.8, 4) is 0 Å². The molecule has 0 N–H and O–H groups in total. The van der Waals surface area contributed by atoms with Crippen LogP contribution in [-0.2, 0) is 4.79 Å². The molecule has 1 atom stereocenters. The van der Waals surface area contributed by atoms with E-state index in [1.807, 2.05) is 11.9 Å². The molecule has 0 unspecified atom stereocenters. The second-order valence-electron chi connectivity index (χ2n) is 5.50. The number of amides is 2. The first kappa shape index (κ1) is 15.4. The summed E-state index contributed by atoms with van der Waals surface area (Å²) in [6.45, 7) is 3.43. The van der Waals surface area contributed by atoms with E-state index in [1.54, 1.807) is 30.8 Å². The molecule has 114 valence electrons. The van der Waals surface area contributed by atoms with Crippen molar-refractivity contribution in [2.75, 3.05) is 40.8 Å². The third-order valence-electron chi connectivity index (χ3n) is 3.69. The van der Waals surface area contributed by atoms with Crippen molar-refractivity contribution < 1.29 is 9.59 Å². The van der Waals surface area contributed by atoms with Crippen LogP contribution in [0.15, 0.2) is 12.4 Å². The van der Waals surface area contributed by atoms with Gasteiger partial charge in [-0.3, -0.25) is 14.5 Å². The second kappa shape index (κ2) is 6.17. The molecule has 21 heavy (non-hydrogen) atoms. The van der Waals surface area contributed by atoms with Crippen LogP contribution in [-0.4, -0.2) is 83.3 Å². The van der Waals surface area contributed by atoms with E-state index < -0.39 is 0 Å². The Bertz CT molecular complexity index is 529. The SMILES string of the molecule is Cc1ncc(C(=O)N2CCN(C)[C@@H](C(=O)N(C)C)C2)cn1. The van der Waals surface area contributed by atoms with Crippen molar-refractivity contribution in [3.63, 3.8) is 0 Å². The number of aromatic nitrogens is 2. The molecule has 0 saturated carbocycles. The number of hydrogen-bond donors (Lipinski definition) is 0. The van der Waals surface area contributed by atoms with E-state index in [9.17, 15) is 9.59 Å². The molecule has 1 fully saturated rings. The quantitative estimate of drug-likeness (QED) is 0.743. The minimum absolute atomic E-state index is 0.00940. The van der Waals surface area contributed by atoms with Crippen LogP contribution in [0.1, 0.15) is 16.2 Å². The van der Waals surface area contributed by atoms with Crippen molar-refractivity contribution >= 4 is 11.8 Å². The standard InChI is InChI=1S/C14H21N5O2/c1-10-15-7-11(8-16-10)13(20)19-6-5-18(4)12(9-19)14(21)17(2)3/h7-8,12H,5-6,9H2,1-4H3/t12-/m1/s1. The zero-order valence-corrected chi connectivity index (χ0v) is 12.9. The predicted molar refractivity (Wildman–Crippen MR) is 77.8 cm³/mol. The van der Waals surface area contributed by atoms with Crippen LogP contribution in [0.5, 0.6) is 0 Å². The molecule has 0 radical (unpaired) electrons. The molecule has 7 nitrogen and oxygen atoms in total. The van der Waals surface area contributed by atoms with E-state index >= 15 is 0 Å². The van der Waals surface area contributed by atoms with Gasteiger partial charge < -0.3 is 9.80 Å². The van der Waals surface area contributed by atoms with Gasteiger partial charge in [0, 0.05) is 46.1 Å². The fraction of sp³-hybridized carbons (Fsp3) is 0.571. The lowest BCUT2D eigenvalue weighted by Crippen LogP contribution is -2.58. The monoisotopic (exact) mass is 291 g/mol. The van der Waals surface area contributed by atoms with Gasteiger partial charge in [-0.15, -0.1) is 0 Å². The van der Waals surface area contributed by atoms with Gasteiger partial charge in [0.2, 0.25) is 5.91 Å². The minimum atomic E-state index is -0.302. The van der Waals surface area contributed by atoms with Crippen LogP contribution < -0.4 is 0 Å². The largest absolute Gasteiger partial charge is 0.347 e. The lowest BCUT2D eigenvalue weighted by Gasteiger charge is -2.39. The summed E-state index contributed by atoms with van der Waals surface area (Å²) in [6.07, 6.45) is 3.07. The van der Waals surface area contributed by atoms with Crippen molar-refractivity contribution in [2.45, 2.75) is 13.0 Å². The van der Waals surface area contributed by atoms with Crippen LogP contribution in [0, 0.1) is 6.92 Å². The van der Waals surface area contributed by atoms with E-state index in [0.717, 1.165) is 0 Å². The van der Waals surface area contributed by atoms with Crippen molar-refractivity contribution in [1.29, 1.82) is 0 Å². The Morgan fingerprint density at radius 3 is 2.43 bits per heavy atom. The van der Waals surface area contributed by atoms with Crippen LogP contribution >= 0.6 is 0 Å². The number of piperazine rings is 1. The summed E-state index contributed by atoms with van der Waals surface area (Å²) in [7, 11) is 5.36. The van der Waals surface area contributed by atoms with Crippen LogP contribution in [0.2, 0.25) is 0 Å². The maximum atomic E-state index is 12.5. The van der Waals surface area contributed by atoms with Crippen molar-refractivity contribution in [1.82, 2.24) is 24.7 Å². The number of carbonyl (C=O) groups excluding carboxylic acids is 2. The number of nitrogens with zero attached hydrogens (tertiary/aromatic N) is 5. The Morgan fingerprint density at radius 2 is 1.86 bits per heavy atom. The molecular formula is C14H21N5O2. The summed E-state index contributed by atoms with van der Waals surface area (Å²) in [6, 6.07) is -0.302. The summed E-state index contributed by atoms with van der Waals surface area (Å²) in [4.78, 5) is 38.0. The smallest absolute Gasteiger partial charge is 0.257 e. The molecular weight excluding hydrogens is 270 g/mol. The van der Waals surface area contributed by atoms with Crippen LogP contribution in [0.25, 0.3) is 0 Å². The molecule has 7 heteroatoms. The minimum Gasteiger partial charge on any atom is -0.347 e. The summed E-state index contributed by atoms with van der Waals surface area (Å²) >= 11 is 0. The van der Waals surface area contributed by atoms with E-state index in [-0.39, 0.29) is 17.9 Å². The highest BCUT2D eigenvalue weighted by Gasteiger charge is 2.33. The highest BCUT2D eigenvalue weighted by molar-refractivity contribution is 5.94. The maximum Gasteiger partial charge on any atom is 0.257 e. The Morgan fingerprint density at radius 1 is 1.24 bits per heavy atom. The number of hydrogen-bond acceptors (Lipinski definition) is 5. The van der Waals surface area contributed by atoms with E-state index in [1.165, 1.54) is 12.4 Å². The normalized spacial score (nSPS) is 19.4. The second-order valence-corrected chi connectivity index (χ2v) is 5.50. The van der Waals surface area contributed by atoms with Crippen molar-refractivity contribution in [2.24, 2.45) is 0 Å². The maximum absolute atomic E-state index is 12.5. The molecule has 1 aromatic rings. The fourth-order valence-electron chi connectivity index (χ4n) is 2.31. The van der Waals surface area contributed by atoms with Gasteiger partial charge in [-0.2, -0.15) is 0 Å². The topological polar surface area (TPSA) is 69.6 Å². The van der Waals surface area contributed by atoms with E-state index in [4.69, 9.17) is 0 Å². The summed E-state index contributed by atoms with van der Waals surface area (Å²) in [5, 5.41) is 0. The fourth-order valence-corrected chi connectivity index (χ4v) is 2.31. The Kier molecular flexibility index (Phi) is 4.52. The van der Waals surface area contributed by atoms with Gasteiger partial charge in [0.1, 0.15) is 11.9 Å². The van der Waals surface area contributed by atoms with Gasteiger partial charge in [0.15, 0.2) is 0 Å². The molecule has 0 spiro atoms. The molecule has 1 aliphatic heterocycles. The Labute approximate surface area is 124 Å². The third kappa shape index (κ3) is 3.36. The number of likely N-dealkylation sites (N-methyl/N-ethyl adjacent to an activating group) is 2. The summed E-state index contributed by atoms with van der Waals surface area (Å²) in [5.74, 6) is 0.514. The van der Waals surface area contributed by atoms with Gasteiger partial charge in [-0.25, -0.2) is 9.97 Å². The number of carbonyl (C=O) groups is 2. The molecule has 2 rings (SSSR count). The number of aryl methyl sites for hydroxylation is 1. The zero-order chi connectivity index (χ0) is 15.6. The molecule has 1 aromatic heterocycles. The van der Waals surface area contributed by atoms with Crippen molar-refractivity contribution in [3.05, 3.63) is 23.8 Å². The van der Waals surface area contributed by atoms with Gasteiger partial charge in [-0.05, 0) is 14.0 Å². The lowest BCUT2D eigenvalue weighted by molar-refractivity contribution is -0.135. The molecule has 0 aliphatic carbocycles. The van der Waals surface area contributed by atoms with Crippen LogP contribution in [0.4, 0.5) is 0 Å². The average Bonchev–Trinajstić information content (AvgIpc) is 2.47. The van der Waals surface area contributed by atoms with Gasteiger partial charge in [0.05, 0.1) is 5.56 Å². The Balaban J connectivity index is 2.12. The molecule has 2 heterocycles. The zero-order valence-electron chi connectivity index (χ0n) is 12.9. The predicted octanol–water partition coefficient (Wildman–Crippen LogP) is -0.371. The molecule has 0 aromatic carbocycles. The first-order chi connectivity index (χ1) is 9.90. The van der Waals surface area contributed by atoms with Gasteiger partial charge in [-0.1, -0.05) is 0 Å². The van der Waals surface area contributed by atoms with E-state index in [2.05, 4.69) is 9.97 Å². The highest BCUT2D eigenvalue weighted by Crippen LogP contribution is 2.13. The summed E-state index contributed by atoms with van der Waals surface area (Å²) in [5.41, 5.74) is 0.459. The molecule has 1 saturated heterocycles. The van der Waals surface area contributed by atoms with Crippen LogP contribution in [0.3, 0.4) is 0 Å². The first-order valence-corrected chi connectivity index (χ1v) is 6.89. The first-order valence-electron chi connectivity index (χ1n) is 6.89. The molecule has 0 bridgehead atoms. The van der Waals surface area contributed by atoms with E-state index in [0.29, 0.717) is 31.0 Å². The Hall–Kier alpha value is -2.02. The highest BCUT2D eigenvalue weighted by atomic mass is 16.2. The molecule has 2 amide bonds. The average molecular weight is 291 g/mol.